The van der Waals surface area contributed by atoms with Crippen molar-refractivity contribution in [3.05, 3.63) is 48.8 Å². The molecule has 0 aliphatic carbocycles. The Morgan fingerprint density at radius 1 is 1.14 bits per heavy atom. The second kappa shape index (κ2) is 10.5. The van der Waals surface area contributed by atoms with Crippen LogP contribution in [0, 0.1) is 0 Å². The van der Waals surface area contributed by atoms with Gasteiger partial charge in [-0.1, -0.05) is 6.07 Å². The van der Waals surface area contributed by atoms with E-state index in [9.17, 15) is 4.79 Å². The fourth-order valence-corrected chi connectivity index (χ4v) is 3.01. The molecule has 1 fully saturated rings. The summed E-state index contributed by atoms with van der Waals surface area (Å²) in [6, 6.07) is 11.0. The van der Waals surface area contributed by atoms with Crippen LogP contribution < -0.4 is 14.8 Å². The SMILES string of the molecule is CCOCCOc1cccc(NC(=O)N2CCC(Oc3ccncc3)CC2)c1. The Morgan fingerprint density at radius 3 is 2.68 bits per heavy atom. The number of piperidine rings is 1. The number of ether oxygens (including phenoxy) is 3. The number of nitrogens with one attached hydrogen (secondary N) is 1. The highest BCUT2D eigenvalue weighted by molar-refractivity contribution is 5.89. The maximum absolute atomic E-state index is 12.5. The summed E-state index contributed by atoms with van der Waals surface area (Å²) in [5, 5.41) is 2.94. The van der Waals surface area contributed by atoms with E-state index in [0.717, 1.165) is 18.6 Å². The molecular formula is C21H27N3O4. The summed E-state index contributed by atoms with van der Waals surface area (Å²) >= 11 is 0. The Kier molecular flexibility index (Phi) is 7.49. The number of hydrogen-bond acceptors (Lipinski definition) is 5. The van der Waals surface area contributed by atoms with Crippen molar-refractivity contribution < 1.29 is 19.0 Å². The molecule has 1 saturated heterocycles. The molecule has 0 spiro atoms. The minimum atomic E-state index is -0.103. The van der Waals surface area contributed by atoms with E-state index < -0.39 is 0 Å². The van der Waals surface area contributed by atoms with Crippen LogP contribution in [0.15, 0.2) is 48.8 Å². The average molecular weight is 385 g/mol. The molecule has 28 heavy (non-hydrogen) atoms. The van der Waals surface area contributed by atoms with Crippen LogP contribution in [0.2, 0.25) is 0 Å². The fourth-order valence-electron chi connectivity index (χ4n) is 3.01. The molecule has 3 rings (SSSR count). The Bertz CT molecular complexity index is 733. The van der Waals surface area contributed by atoms with Crippen molar-refractivity contribution in [1.82, 2.24) is 9.88 Å². The number of aromatic nitrogens is 1. The highest BCUT2D eigenvalue weighted by atomic mass is 16.5. The predicted molar refractivity (Wildman–Crippen MR) is 107 cm³/mol. The maximum atomic E-state index is 12.5. The number of nitrogens with zero attached hydrogens (tertiary/aromatic N) is 2. The molecule has 1 N–H and O–H groups in total. The Balaban J connectivity index is 1.44. The normalized spacial score (nSPS) is 14.5. The lowest BCUT2D eigenvalue weighted by molar-refractivity contribution is 0.110. The van der Waals surface area contributed by atoms with Crippen molar-refractivity contribution in [2.24, 2.45) is 0 Å². The highest BCUT2D eigenvalue weighted by Crippen LogP contribution is 2.21. The minimum Gasteiger partial charge on any atom is -0.491 e. The monoisotopic (exact) mass is 385 g/mol. The summed E-state index contributed by atoms with van der Waals surface area (Å²) < 4.78 is 16.8. The molecule has 1 aliphatic rings. The summed E-state index contributed by atoms with van der Waals surface area (Å²) in [6.07, 6.45) is 5.15. The van der Waals surface area contributed by atoms with Gasteiger partial charge in [-0.15, -0.1) is 0 Å². The molecule has 150 valence electrons. The zero-order valence-corrected chi connectivity index (χ0v) is 16.2. The molecule has 2 aromatic rings. The molecule has 1 aromatic carbocycles. The summed E-state index contributed by atoms with van der Waals surface area (Å²) in [6.45, 7) is 4.96. The predicted octanol–water partition coefficient (Wildman–Crippen LogP) is 3.57. The first kappa shape index (κ1) is 19.9. The van der Waals surface area contributed by atoms with Gasteiger partial charge in [0.1, 0.15) is 24.2 Å². The third-order valence-corrected chi connectivity index (χ3v) is 4.47. The van der Waals surface area contributed by atoms with Crippen LogP contribution in [0.3, 0.4) is 0 Å². The van der Waals surface area contributed by atoms with Gasteiger partial charge in [-0.25, -0.2) is 4.79 Å². The zero-order chi connectivity index (χ0) is 19.6. The number of carbonyl (C=O) groups is 1. The van der Waals surface area contributed by atoms with Gasteiger partial charge in [0.2, 0.25) is 0 Å². The molecule has 7 nitrogen and oxygen atoms in total. The van der Waals surface area contributed by atoms with E-state index in [4.69, 9.17) is 14.2 Å². The molecule has 7 heteroatoms. The van der Waals surface area contributed by atoms with Gasteiger partial charge >= 0.3 is 6.03 Å². The highest BCUT2D eigenvalue weighted by Gasteiger charge is 2.24. The van der Waals surface area contributed by atoms with Crippen LogP contribution in [0.5, 0.6) is 11.5 Å². The van der Waals surface area contributed by atoms with E-state index in [1.54, 1.807) is 12.4 Å². The van der Waals surface area contributed by atoms with Gasteiger partial charge in [0.15, 0.2) is 0 Å². The number of pyridine rings is 1. The lowest BCUT2D eigenvalue weighted by atomic mass is 10.1. The first-order chi connectivity index (χ1) is 13.7. The molecule has 0 saturated carbocycles. The molecule has 0 atom stereocenters. The Morgan fingerprint density at radius 2 is 1.93 bits per heavy atom. The van der Waals surface area contributed by atoms with Crippen LogP contribution >= 0.6 is 0 Å². The lowest BCUT2D eigenvalue weighted by Gasteiger charge is -2.32. The van der Waals surface area contributed by atoms with Crippen LogP contribution in [-0.2, 0) is 4.74 Å². The number of rotatable bonds is 8. The summed E-state index contributed by atoms with van der Waals surface area (Å²) in [5.74, 6) is 1.53. The molecule has 2 amide bonds. The van der Waals surface area contributed by atoms with Gasteiger partial charge < -0.3 is 24.4 Å². The summed E-state index contributed by atoms with van der Waals surface area (Å²) in [5.41, 5.74) is 0.717. The first-order valence-electron chi connectivity index (χ1n) is 9.68. The molecule has 0 bridgehead atoms. The number of carbonyl (C=O) groups excluding carboxylic acids is 1. The van der Waals surface area contributed by atoms with E-state index >= 15 is 0 Å². The van der Waals surface area contributed by atoms with Gasteiger partial charge in [0.05, 0.1) is 6.61 Å². The van der Waals surface area contributed by atoms with Gasteiger partial charge in [-0.05, 0) is 31.2 Å². The number of likely N-dealkylation sites (tertiary alicyclic amines) is 1. The minimum absolute atomic E-state index is 0.103. The number of hydrogen-bond donors (Lipinski definition) is 1. The average Bonchev–Trinajstić information content (AvgIpc) is 2.73. The fraction of sp³-hybridized carbons (Fsp3) is 0.429. The summed E-state index contributed by atoms with van der Waals surface area (Å²) in [4.78, 5) is 18.4. The Hall–Kier alpha value is -2.80. The maximum Gasteiger partial charge on any atom is 0.321 e. The van der Waals surface area contributed by atoms with Crippen molar-refractivity contribution in [2.75, 3.05) is 38.2 Å². The van der Waals surface area contributed by atoms with Gasteiger partial charge in [-0.2, -0.15) is 0 Å². The van der Waals surface area contributed by atoms with E-state index in [1.807, 2.05) is 48.2 Å². The molecule has 2 heterocycles. The second-order valence-electron chi connectivity index (χ2n) is 6.49. The van der Waals surface area contributed by atoms with E-state index in [1.165, 1.54) is 0 Å². The first-order valence-corrected chi connectivity index (χ1v) is 9.68. The second-order valence-corrected chi connectivity index (χ2v) is 6.49. The van der Waals surface area contributed by atoms with Crippen molar-refractivity contribution >= 4 is 11.7 Å². The van der Waals surface area contributed by atoms with Crippen LogP contribution in [0.1, 0.15) is 19.8 Å². The van der Waals surface area contributed by atoms with Crippen LogP contribution in [-0.4, -0.2) is 54.9 Å². The number of benzene rings is 1. The number of amides is 2. The van der Waals surface area contributed by atoms with Crippen LogP contribution in [0.25, 0.3) is 0 Å². The zero-order valence-electron chi connectivity index (χ0n) is 16.2. The van der Waals surface area contributed by atoms with Crippen molar-refractivity contribution in [3.63, 3.8) is 0 Å². The largest absolute Gasteiger partial charge is 0.491 e. The quantitative estimate of drug-likeness (QED) is 0.703. The molecular weight excluding hydrogens is 358 g/mol. The third-order valence-electron chi connectivity index (χ3n) is 4.47. The third kappa shape index (κ3) is 6.13. The number of urea groups is 1. The van der Waals surface area contributed by atoms with E-state index in [0.29, 0.717) is 44.3 Å². The number of anilines is 1. The van der Waals surface area contributed by atoms with E-state index in [-0.39, 0.29) is 12.1 Å². The standard InChI is InChI=1S/C21H27N3O4/c1-2-26-14-15-27-20-5-3-4-17(16-20)23-21(25)24-12-8-19(9-13-24)28-18-6-10-22-11-7-18/h3-7,10-11,16,19H,2,8-9,12-15H2,1H3,(H,23,25). The van der Waals surface area contributed by atoms with Crippen molar-refractivity contribution in [2.45, 2.75) is 25.9 Å². The lowest BCUT2D eigenvalue weighted by Crippen LogP contribution is -2.43. The van der Waals surface area contributed by atoms with E-state index in [2.05, 4.69) is 10.3 Å². The molecule has 0 unspecified atom stereocenters. The van der Waals surface area contributed by atoms with Crippen LogP contribution in [0.4, 0.5) is 10.5 Å². The molecule has 1 aliphatic heterocycles. The van der Waals surface area contributed by atoms with Crippen molar-refractivity contribution in [1.29, 1.82) is 0 Å². The van der Waals surface area contributed by atoms with Gasteiger partial charge in [0, 0.05) is 56.7 Å². The van der Waals surface area contributed by atoms with Gasteiger partial charge in [0.25, 0.3) is 0 Å². The van der Waals surface area contributed by atoms with Crippen molar-refractivity contribution in [3.8, 4) is 11.5 Å². The van der Waals surface area contributed by atoms with Gasteiger partial charge in [-0.3, -0.25) is 4.98 Å². The Labute approximate surface area is 165 Å². The summed E-state index contributed by atoms with van der Waals surface area (Å²) in [7, 11) is 0. The topological polar surface area (TPSA) is 72.9 Å². The smallest absolute Gasteiger partial charge is 0.321 e. The molecule has 0 radical (unpaired) electrons. The molecule has 1 aromatic heterocycles.